The Morgan fingerprint density at radius 2 is 1.28 bits per heavy atom. The third kappa shape index (κ3) is 7.03. The molecule has 0 heterocycles. The van der Waals surface area contributed by atoms with Crippen LogP contribution in [0.5, 0.6) is 0 Å². The topological polar surface area (TPSA) is 0 Å². The molecule has 1 aliphatic carbocycles. The quantitative estimate of drug-likeness (QED) is 0.300. The van der Waals surface area contributed by atoms with E-state index in [1.165, 1.54) is 70.6 Å². The van der Waals surface area contributed by atoms with Gasteiger partial charge >= 0.3 is 0 Å². The van der Waals surface area contributed by atoms with Gasteiger partial charge < -0.3 is 0 Å². The smallest absolute Gasteiger partial charge is 0.194 e. The first-order valence-corrected chi connectivity index (χ1v) is 10.2. The van der Waals surface area contributed by atoms with Crippen LogP contribution in [-0.2, 0) is 6.42 Å². The summed E-state index contributed by atoms with van der Waals surface area (Å²) < 4.78 is 39.5. The number of unbranched alkanes of at least 4 members (excludes halogenated alkanes) is 5. The van der Waals surface area contributed by atoms with E-state index < -0.39 is 17.5 Å². The summed E-state index contributed by atoms with van der Waals surface area (Å²) in [5.74, 6) is -1.98. The van der Waals surface area contributed by atoms with Crippen molar-refractivity contribution >= 4 is 0 Å². The van der Waals surface area contributed by atoms with Crippen LogP contribution in [0.2, 0.25) is 0 Å². The van der Waals surface area contributed by atoms with E-state index in [0.29, 0.717) is 17.9 Å². The van der Waals surface area contributed by atoms with Crippen LogP contribution in [0.25, 0.3) is 0 Å². The van der Waals surface area contributed by atoms with Crippen molar-refractivity contribution in [2.75, 3.05) is 0 Å². The summed E-state index contributed by atoms with van der Waals surface area (Å²) in [6.45, 7) is 2.25. The van der Waals surface area contributed by atoms with Gasteiger partial charge in [-0.05, 0) is 42.4 Å². The predicted octanol–water partition coefficient (Wildman–Crippen LogP) is 7.59. The zero-order chi connectivity index (χ0) is 18.1. The van der Waals surface area contributed by atoms with E-state index in [-0.39, 0.29) is 0 Å². The Bertz CT molecular complexity index is 481. The van der Waals surface area contributed by atoms with Gasteiger partial charge in [0.25, 0.3) is 0 Å². The van der Waals surface area contributed by atoms with Crippen molar-refractivity contribution in [3.05, 3.63) is 35.1 Å². The van der Waals surface area contributed by atoms with Crippen molar-refractivity contribution in [3.8, 4) is 0 Å². The van der Waals surface area contributed by atoms with E-state index in [4.69, 9.17) is 0 Å². The van der Waals surface area contributed by atoms with Crippen LogP contribution in [0.3, 0.4) is 0 Å². The molecule has 3 heteroatoms. The zero-order valence-corrected chi connectivity index (χ0v) is 15.6. The minimum atomic E-state index is -1.36. The molecule has 0 aromatic heterocycles. The highest BCUT2D eigenvalue weighted by atomic mass is 19.2. The maximum atomic E-state index is 13.3. The van der Waals surface area contributed by atoms with Crippen LogP contribution in [-0.4, -0.2) is 0 Å². The maximum absolute atomic E-state index is 13.3. The van der Waals surface area contributed by atoms with Crippen molar-refractivity contribution < 1.29 is 13.2 Å². The highest BCUT2D eigenvalue weighted by Gasteiger charge is 2.21. The van der Waals surface area contributed by atoms with Crippen molar-refractivity contribution in [1.29, 1.82) is 0 Å². The van der Waals surface area contributed by atoms with E-state index in [0.717, 1.165) is 24.5 Å². The summed E-state index contributed by atoms with van der Waals surface area (Å²) in [5, 5.41) is 0. The molecule has 1 fully saturated rings. The lowest BCUT2D eigenvalue weighted by Crippen LogP contribution is -2.15. The molecule has 0 bridgehead atoms. The highest BCUT2D eigenvalue weighted by molar-refractivity contribution is 5.19. The van der Waals surface area contributed by atoms with Crippen LogP contribution in [0, 0.1) is 29.3 Å². The van der Waals surface area contributed by atoms with Crippen LogP contribution >= 0.6 is 0 Å². The van der Waals surface area contributed by atoms with Crippen molar-refractivity contribution in [1.82, 2.24) is 0 Å². The largest absolute Gasteiger partial charge is 0.204 e. The molecule has 0 radical (unpaired) electrons. The molecule has 1 aromatic carbocycles. The van der Waals surface area contributed by atoms with Gasteiger partial charge in [-0.25, -0.2) is 13.2 Å². The van der Waals surface area contributed by atoms with Gasteiger partial charge in [0, 0.05) is 0 Å². The van der Waals surface area contributed by atoms with Crippen LogP contribution < -0.4 is 0 Å². The third-order valence-electron chi connectivity index (χ3n) is 5.82. The molecule has 0 unspecified atom stereocenters. The summed E-state index contributed by atoms with van der Waals surface area (Å²) in [4.78, 5) is 0. The second-order valence-corrected chi connectivity index (χ2v) is 7.86. The lowest BCUT2D eigenvalue weighted by molar-refractivity contribution is 0.248. The molecule has 0 aliphatic heterocycles. The second-order valence-electron chi connectivity index (χ2n) is 7.86. The Morgan fingerprint density at radius 1 is 0.760 bits per heavy atom. The molecule has 1 saturated carbocycles. The first-order valence-electron chi connectivity index (χ1n) is 10.2. The van der Waals surface area contributed by atoms with Crippen LogP contribution in [0.1, 0.15) is 89.5 Å². The average molecular weight is 355 g/mol. The normalized spacial score (nSPS) is 20.8. The van der Waals surface area contributed by atoms with Crippen LogP contribution in [0.4, 0.5) is 13.2 Å². The minimum absolute atomic E-state index is 0.575. The van der Waals surface area contributed by atoms with Crippen LogP contribution in [0.15, 0.2) is 12.1 Å². The number of hydrogen-bond donors (Lipinski definition) is 0. The summed E-state index contributed by atoms with van der Waals surface area (Å²) in [5.41, 5.74) is 0.575. The number of rotatable bonds is 10. The standard InChI is InChI=1S/C22H33F3/c1-2-3-4-5-6-7-8-17-9-11-18(12-10-17)13-14-19-15-20(23)22(25)21(24)16-19/h15-18H,2-14H2,1H3. The van der Waals surface area contributed by atoms with E-state index >= 15 is 0 Å². The molecule has 0 N–H and O–H groups in total. The number of benzene rings is 1. The fourth-order valence-electron chi connectivity index (χ4n) is 4.15. The first kappa shape index (κ1) is 20.3. The van der Waals surface area contributed by atoms with E-state index in [2.05, 4.69) is 6.92 Å². The Morgan fingerprint density at radius 3 is 1.88 bits per heavy atom. The molecule has 0 saturated heterocycles. The van der Waals surface area contributed by atoms with Gasteiger partial charge in [-0.1, -0.05) is 77.6 Å². The SMILES string of the molecule is CCCCCCCCC1CCC(CCc2cc(F)c(F)c(F)c2)CC1. The molecule has 0 amide bonds. The van der Waals surface area contributed by atoms with E-state index in [1.807, 2.05) is 0 Å². The minimum Gasteiger partial charge on any atom is -0.204 e. The molecule has 1 aliphatic rings. The van der Waals surface area contributed by atoms with Crippen molar-refractivity contribution in [2.45, 2.75) is 90.4 Å². The second kappa shape index (κ2) is 10.9. The number of halogens is 3. The summed E-state index contributed by atoms with van der Waals surface area (Å²) in [6.07, 6.45) is 16.2. The van der Waals surface area contributed by atoms with Gasteiger partial charge in [-0.2, -0.15) is 0 Å². The summed E-state index contributed by atoms with van der Waals surface area (Å²) in [7, 11) is 0. The zero-order valence-electron chi connectivity index (χ0n) is 15.6. The van der Waals surface area contributed by atoms with Gasteiger partial charge in [0.2, 0.25) is 0 Å². The Hall–Kier alpha value is -0.990. The number of aryl methyl sites for hydroxylation is 1. The molecule has 2 rings (SSSR count). The van der Waals surface area contributed by atoms with E-state index in [9.17, 15) is 13.2 Å². The fraction of sp³-hybridized carbons (Fsp3) is 0.727. The monoisotopic (exact) mass is 354 g/mol. The molecule has 0 spiro atoms. The molecule has 142 valence electrons. The first-order chi connectivity index (χ1) is 12.1. The average Bonchev–Trinajstić information content (AvgIpc) is 2.61. The Balaban J connectivity index is 1.61. The van der Waals surface area contributed by atoms with Gasteiger partial charge in [0.15, 0.2) is 17.5 Å². The third-order valence-corrected chi connectivity index (χ3v) is 5.82. The maximum Gasteiger partial charge on any atom is 0.194 e. The lowest BCUT2D eigenvalue weighted by atomic mass is 9.77. The highest BCUT2D eigenvalue weighted by Crippen LogP contribution is 2.34. The van der Waals surface area contributed by atoms with Gasteiger partial charge in [-0.15, -0.1) is 0 Å². The lowest BCUT2D eigenvalue weighted by Gasteiger charge is -2.28. The molecule has 0 nitrogen and oxygen atoms in total. The van der Waals surface area contributed by atoms with E-state index in [1.54, 1.807) is 0 Å². The Kier molecular flexibility index (Phi) is 8.84. The molecule has 1 aromatic rings. The van der Waals surface area contributed by atoms with Crippen molar-refractivity contribution in [3.63, 3.8) is 0 Å². The fourth-order valence-corrected chi connectivity index (χ4v) is 4.15. The molecular formula is C22H33F3. The summed E-state index contributed by atoms with van der Waals surface area (Å²) >= 11 is 0. The predicted molar refractivity (Wildman–Crippen MR) is 98.1 cm³/mol. The van der Waals surface area contributed by atoms with Gasteiger partial charge in [-0.3, -0.25) is 0 Å². The van der Waals surface area contributed by atoms with Gasteiger partial charge in [0.05, 0.1) is 0 Å². The summed E-state index contributed by atoms with van der Waals surface area (Å²) in [6, 6.07) is 2.28. The van der Waals surface area contributed by atoms with Crippen molar-refractivity contribution in [2.24, 2.45) is 11.8 Å². The number of hydrogen-bond acceptors (Lipinski definition) is 0. The van der Waals surface area contributed by atoms with Gasteiger partial charge in [0.1, 0.15) is 0 Å². The molecule has 25 heavy (non-hydrogen) atoms. The molecule has 0 atom stereocenters. The Labute approximate surface area is 151 Å². The molecular weight excluding hydrogens is 321 g/mol.